The molecule has 1 aromatic rings. The molecule has 0 radical (unpaired) electrons. The molecule has 1 unspecified atom stereocenters. The predicted molar refractivity (Wildman–Crippen MR) is 75.5 cm³/mol. The van der Waals surface area contributed by atoms with Crippen molar-refractivity contribution in [3.63, 3.8) is 0 Å². The van der Waals surface area contributed by atoms with Crippen LogP contribution in [0.2, 0.25) is 0 Å². The molecule has 0 aliphatic heterocycles. The van der Waals surface area contributed by atoms with Crippen molar-refractivity contribution < 1.29 is 23.4 Å². The van der Waals surface area contributed by atoms with Gasteiger partial charge in [0.25, 0.3) is 5.91 Å². The van der Waals surface area contributed by atoms with Crippen molar-refractivity contribution >= 4 is 5.91 Å². The first-order chi connectivity index (χ1) is 9.74. The highest BCUT2D eigenvalue weighted by atomic mass is 19.3. The van der Waals surface area contributed by atoms with Gasteiger partial charge in [-0.15, -0.1) is 0 Å². The third-order valence-corrected chi connectivity index (χ3v) is 3.09. The molecule has 6 heteroatoms. The molecule has 118 valence electrons. The summed E-state index contributed by atoms with van der Waals surface area (Å²) < 4.78 is 28.6. The fraction of sp³-hybridized carbons (Fsp3) is 0.533. The van der Waals surface area contributed by atoms with Crippen LogP contribution in [0.25, 0.3) is 0 Å². The standard InChI is InChI=1S/C15H21F2NO3/c1-15(2,3)12(7-8-19)18-13(20)10-5-4-6-11(9-10)21-14(16)17/h4-6,9,12,14,19H,7-8H2,1-3H3,(H,18,20). The van der Waals surface area contributed by atoms with E-state index in [-0.39, 0.29) is 35.3 Å². The number of nitrogens with one attached hydrogen (secondary N) is 1. The molecule has 4 nitrogen and oxygen atoms in total. The number of hydrogen-bond donors (Lipinski definition) is 2. The Morgan fingerprint density at radius 3 is 2.57 bits per heavy atom. The van der Waals surface area contributed by atoms with E-state index in [1.165, 1.54) is 24.3 Å². The number of carbonyl (C=O) groups excluding carboxylic acids is 1. The van der Waals surface area contributed by atoms with Crippen molar-refractivity contribution in [1.29, 1.82) is 0 Å². The van der Waals surface area contributed by atoms with Crippen molar-refractivity contribution in [3.8, 4) is 5.75 Å². The van der Waals surface area contributed by atoms with E-state index in [1.807, 2.05) is 20.8 Å². The van der Waals surface area contributed by atoms with E-state index >= 15 is 0 Å². The molecule has 0 aliphatic carbocycles. The van der Waals surface area contributed by atoms with Crippen molar-refractivity contribution in [2.24, 2.45) is 5.41 Å². The Balaban J connectivity index is 2.82. The lowest BCUT2D eigenvalue weighted by Gasteiger charge is -2.31. The maximum absolute atomic E-state index is 12.2. The number of alkyl halides is 2. The Kier molecular flexibility index (Phi) is 6.08. The number of halogens is 2. The van der Waals surface area contributed by atoms with Crippen LogP contribution in [-0.2, 0) is 0 Å². The van der Waals surface area contributed by atoms with E-state index in [9.17, 15) is 13.6 Å². The van der Waals surface area contributed by atoms with Crippen molar-refractivity contribution in [3.05, 3.63) is 29.8 Å². The van der Waals surface area contributed by atoms with Gasteiger partial charge in [0.2, 0.25) is 0 Å². The van der Waals surface area contributed by atoms with Crippen LogP contribution in [0.4, 0.5) is 8.78 Å². The van der Waals surface area contributed by atoms with Gasteiger partial charge < -0.3 is 15.2 Å². The first-order valence-electron chi connectivity index (χ1n) is 6.70. The number of carbonyl (C=O) groups is 1. The number of amides is 1. The van der Waals surface area contributed by atoms with E-state index in [2.05, 4.69) is 10.1 Å². The average Bonchev–Trinajstić information content (AvgIpc) is 2.36. The monoisotopic (exact) mass is 301 g/mol. The van der Waals surface area contributed by atoms with Gasteiger partial charge >= 0.3 is 6.61 Å². The maximum Gasteiger partial charge on any atom is 0.387 e. The zero-order valence-corrected chi connectivity index (χ0v) is 12.4. The fourth-order valence-corrected chi connectivity index (χ4v) is 1.91. The van der Waals surface area contributed by atoms with Crippen LogP contribution < -0.4 is 10.1 Å². The highest BCUT2D eigenvalue weighted by Crippen LogP contribution is 2.22. The lowest BCUT2D eigenvalue weighted by Crippen LogP contribution is -2.44. The minimum absolute atomic E-state index is 0.0449. The number of aliphatic hydroxyl groups excluding tert-OH is 1. The second kappa shape index (κ2) is 7.36. The van der Waals surface area contributed by atoms with E-state index < -0.39 is 6.61 Å². The summed E-state index contributed by atoms with van der Waals surface area (Å²) in [5.74, 6) is -0.449. The largest absolute Gasteiger partial charge is 0.435 e. The first kappa shape index (κ1) is 17.4. The second-order valence-electron chi connectivity index (χ2n) is 5.81. The van der Waals surface area contributed by atoms with Crippen LogP contribution >= 0.6 is 0 Å². The molecule has 0 aliphatic rings. The third kappa shape index (κ3) is 5.67. The summed E-state index contributed by atoms with van der Waals surface area (Å²) in [5.41, 5.74) is 0.00971. The smallest absolute Gasteiger partial charge is 0.387 e. The summed E-state index contributed by atoms with van der Waals surface area (Å²) in [5, 5.41) is 11.9. The maximum atomic E-state index is 12.2. The molecule has 1 aromatic carbocycles. The van der Waals surface area contributed by atoms with Gasteiger partial charge in [0.05, 0.1) is 0 Å². The summed E-state index contributed by atoms with van der Waals surface area (Å²) >= 11 is 0. The summed E-state index contributed by atoms with van der Waals surface area (Å²) in [6.45, 7) is 2.87. The highest BCUT2D eigenvalue weighted by molar-refractivity contribution is 5.94. The Bertz CT molecular complexity index is 472. The van der Waals surface area contributed by atoms with Crippen LogP contribution in [0.5, 0.6) is 5.75 Å². The van der Waals surface area contributed by atoms with Gasteiger partial charge in [0.15, 0.2) is 0 Å². The lowest BCUT2D eigenvalue weighted by molar-refractivity contribution is -0.0498. The van der Waals surface area contributed by atoms with Gasteiger partial charge in [-0.2, -0.15) is 8.78 Å². The number of aliphatic hydroxyl groups is 1. The minimum Gasteiger partial charge on any atom is -0.435 e. The minimum atomic E-state index is -2.93. The Morgan fingerprint density at radius 2 is 2.05 bits per heavy atom. The SMILES string of the molecule is CC(C)(C)C(CCO)NC(=O)c1cccc(OC(F)F)c1. The Morgan fingerprint density at radius 1 is 1.38 bits per heavy atom. The molecule has 1 atom stereocenters. The van der Waals surface area contributed by atoms with Crippen LogP contribution in [0.1, 0.15) is 37.6 Å². The first-order valence-corrected chi connectivity index (χ1v) is 6.70. The highest BCUT2D eigenvalue weighted by Gasteiger charge is 2.26. The van der Waals surface area contributed by atoms with Crippen LogP contribution in [0.3, 0.4) is 0 Å². The predicted octanol–water partition coefficient (Wildman–Crippen LogP) is 2.81. The van der Waals surface area contributed by atoms with E-state index in [4.69, 9.17) is 5.11 Å². The quantitative estimate of drug-likeness (QED) is 0.849. The third-order valence-electron chi connectivity index (χ3n) is 3.09. The second-order valence-corrected chi connectivity index (χ2v) is 5.81. The van der Waals surface area contributed by atoms with Crippen LogP contribution in [0.15, 0.2) is 24.3 Å². The van der Waals surface area contributed by atoms with Crippen molar-refractivity contribution in [1.82, 2.24) is 5.32 Å². The summed E-state index contributed by atoms with van der Waals surface area (Å²) in [6, 6.07) is 5.39. The molecular formula is C15H21F2NO3. The molecule has 1 rings (SSSR count). The van der Waals surface area contributed by atoms with Gasteiger partial charge in [-0.05, 0) is 30.0 Å². The topological polar surface area (TPSA) is 58.6 Å². The molecular weight excluding hydrogens is 280 g/mol. The zero-order chi connectivity index (χ0) is 16.0. The molecule has 21 heavy (non-hydrogen) atoms. The number of benzene rings is 1. The van der Waals surface area contributed by atoms with Crippen molar-refractivity contribution in [2.75, 3.05) is 6.61 Å². The Hall–Kier alpha value is -1.69. The molecule has 2 N–H and O–H groups in total. The number of ether oxygens (including phenoxy) is 1. The molecule has 0 fully saturated rings. The number of hydrogen-bond acceptors (Lipinski definition) is 3. The van der Waals surface area contributed by atoms with Gasteiger partial charge in [-0.1, -0.05) is 26.8 Å². The average molecular weight is 301 g/mol. The molecule has 0 saturated carbocycles. The van der Waals surface area contributed by atoms with Gasteiger partial charge in [-0.25, -0.2) is 0 Å². The molecule has 0 aromatic heterocycles. The molecule has 0 spiro atoms. The normalized spacial score (nSPS) is 13.1. The van der Waals surface area contributed by atoms with E-state index in [1.54, 1.807) is 0 Å². The van der Waals surface area contributed by atoms with Crippen LogP contribution in [-0.4, -0.2) is 30.3 Å². The summed E-state index contributed by atoms with van der Waals surface area (Å²) in [7, 11) is 0. The molecule has 0 saturated heterocycles. The Labute approximate surface area is 123 Å². The molecule has 0 heterocycles. The molecule has 0 bridgehead atoms. The van der Waals surface area contributed by atoms with E-state index in [0.29, 0.717) is 6.42 Å². The van der Waals surface area contributed by atoms with Gasteiger partial charge in [0, 0.05) is 18.2 Å². The lowest BCUT2D eigenvalue weighted by atomic mass is 9.85. The van der Waals surface area contributed by atoms with Gasteiger partial charge in [-0.3, -0.25) is 4.79 Å². The molecule has 1 amide bonds. The fourth-order valence-electron chi connectivity index (χ4n) is 1.91. The zero-order valence-electron chi connectivity index (χ0n) is 12.4. The number of rotatable bonds is 6. The summed E-state index contributed by atoms with van der Waals surface area (Å²) in [4.78, 5) is 12.2. The van der Waals surface area contributed by atoms with Gasteiger partial charge in [0.1, 0.15) is 5.75 Å². The summed E-state index contributed by atoms with van der Waals surface area (Å²) in [6.07, 6.45) is 0.419. The van der Waals surface area contributed by atoms with E-state index in [0.717, 1.165) is 0 Å². The van der Waals surface area contributed by atoms with Crippen LogP contribution in [0, 0.1) is 5.41 Å². The van der Waals surface area contributed by atoms with Crippen molar-refractivity contribution in [2.45, 2.75) is 39.8 Å².